The van der Waals surface area contributed by atoms with Gasteiger partial charge in [-0.3, -0.25) is 9.59 Å². The zero-order valence-electron chi connectivity index (χ0n) is 17.1. The Hall–Kier alpha value is -2.62. The van der Waals surface area contributed by atoms with Crippen LogP contribution in [-0.4, -0.2) is 52.9 Å². The van der Waals surface area contributed by atoms with E-state index in [1.807, 2.05) is 0 Å². The summed E-state index contributed by atoms with van der Waals surface area (Å²) in [6, 6.07) is 4.62. The number of benzene rings is 1. The number of anilines is 1. The summed E-state index contributed by atoms with van der Waals surface area (Å²) in [7, 11) is 0. The van der Waals surface area contributed by atoms with Crippen molar-refractivity contribution >= 4 is 46.8 Å². The van der Waals surface area contributed by atoms with Crippen LogP contribution in [0, 0.1) is 0 Å². The molecule has 11 heteroatoms. The Labute approximate surface area is 189 Å². The standard InChI is InChI=1S/C20H23Cl2N5O4/c1-11(2)31-20(30)27-10-15(25-18(28)16-13(21)4-3-5-14(16)22)17(26-27)19(29)24-12-6-8-23-9-7-12/h3-5,10-12,23H,6-9H2,1-2H3,(H,24,29)(H,25,28). The number of ether oxygens (including phenoxy) is 1. The summed E-state index contributed by atoms with van der Waals surface area (Å²) < 4.78 is 6.00. The zero-order chi connectivity index (χ0) is 22.5. The molecule has 0 unspecified atom stereocenters. The Balaban J connectivity index is 1.89. The number of nitrogens with one attached hydrogen (secondary N) is 3. The van der Waals surface area contributed by atoms with E-state index < -0.39 is 17.9 Å². The van der Waals surface area contributed by atoms with Crippen molar-refractivity contribution in [3.05, 3.63) is 45.7 Å². The number of piperidine rings is 1. The Morgan fingerprint density at radius 3 is 2.42 bits per heavy atom. The summed E-state index contributed by atoms with van der Waals surface area (Å²) in [5.41, 5.74) is -0.0306. The van der Waals surface area contributed by atoms with Gasteiger partial charge in [-0.25, -0.2) is 4.79 Å². The third-order valence-electron chi connectivity index (χ3n) is 4.57. The lowest BCUT2D eigenvalue weighted by atomic mass is 10.1. The third-order valence-corrected chi connectivity index (χ3v) is 5.20. The molecule has 0 spiro atoms. The van der Waals surface area contributed by atoms with Crippen molar-refractivity contribution in [2.45, 2.75) is 38.8 Å². The molecule has 1 aromatic heterocycles. The monoisotopic (exact) mass is 467 g/mol. The maximum atomic E-state index is 12.9. The molecule has 2 aromatic rings. The van der Waals surface area contributed by atoms with Crippen molar-refractivity contribution < 1.29 is 19.1 Å². The first-order valence-electron chi connectivity index (χ1n) is 9.84. The van der Waals surface area contributed by atoms with Crippen molar-refractivity contribution in [1.29, 1.82) is 0 Å². The SMILES string of the molecule is CC(C)OC(=O)n1cc(NC(=O)c2c(Cl)cccc2Cl)c(C(=O)NC2CCNCC2)n1. The zero-order valence-corrected chi connectivity index (χ0v) is 18.6. The molecule has 1 aliphatic heterocycles. The largest absolute Gasteiger partial charge is 0.445 e. The number of nitrogens with zero attached hydrogens (tertiary/aromatic N) is 2. The molecule has 166 valence electrons. The smallest absolute Gasteiger partial charge is 0.435 e. The van der Waals surface area contributed by atoms with Crippen molar-refractivity contribution in [3.8, 4) is 0 Å². The Kier molecular flexibility index (Phi) is 7.53. The van der Waals surface area contributed by atoms with Crippen LogP contribution in [0.4, 0.5) is 10.5 Å². The van der Waals surface area contributed by atoms with Gasteiger partial charge in [-0.15, -0.1) is 0 Å². The number of halogens is 2. The van der Waals surface area contributed by atoms with Crippen LogP contribution in [0.2, 0.25) is 10.0 Å². The first-order valence-corrected chi connectivity index (χ1v) is 10.6. The molecule has 0 atom stereocenters. The van der Waals surface area contributed by atoms with E-state index in [0.717, 1.165) is 30.6 Å². The maximum Gasteiger partial charge on any atom is 0.435 e. The first kappa shape index (κ1) is 23.1. The van der Waals surface area contributed by atoms with Crippen LogP contribution in [0.15, 0.2) is 24.4 Å². The molecule has 2 amide bonds. The van der Waals surface area contributed by atoms with Gasteiger partial charge in [-0.05, 0) is 51.9 Å². The van der Waals surface area contributed by atoms with E-state index in [1.165, 1.54) is 18.3 Å². The minimum absolute atomic E-state index is 0.0353. The van der Waals surface area contributed by atoms with Crippen LogP contribution in [0.3, 0.4) is 0 Å². The van der Waals surface area contributed by atoms with Gasteiger partial charge >= 0.3 is 6.09 Å². The molecule has 9 nitrogen and oxygen atoms in total. The van der Waals surface area contributed by atoms with Gasteiger partial charge in [-0.1, -0.05) is 29.3 Å². The van der Waals surface area contributed by atoms with Gasteiger partial charge in [0.25, 0.3) is 11.8 Å². The fourth-order valence-corrected chi connectivity index (χ4v) is 3.67. The summed E-state index contributed by atoms with van der Waals surface area (Å²) in [6.45, 7) is 4.95. The van der Waals surface area contributed by atoms with Gasteiger partial charge in [0.05, 0.1) is 33.6 Å². The van der Waals surface area contributed by atoms with Gasteiger partial charge in [-0.2, -0.15) is 9.78 Å². The van der Waals surface area contributed by atoms with E-state index in [9.17, 15) is 14.4 Å². The molecular weight excluding hydrogens is 445 g/mol. The predicted molar refractivity (Wildman–Crippen MR) is 117 cm³/mol. The highest BCUT2D eigenvalue weighted by Gasteiger charge is 2.26. The second-order valence-corrected chi connectivity index (χ2v) is 8.13. The topological polar surface area (TPSA) is 114 Å². The highest BCUT2D eigenvalue weighted by Crippen LogP contribution is 2.26. The van der Waals surface area contributed by atoms with Gasteiger partial charge < -0.3 is 20.7 Å². The van der Waals surface area contributed by atoms with Crippen molar-refractivity contribution in [1.82, 2.24) is 20.4 Å². The minimum Gasteiger partial charge on any atom is -0.445 e. The summed E-state index contributed by atoms with van der Waals surface area (Å²) in [5.74, 6) is -1.15. The number of carbonyl (C=O) groups is 3. The molecule has 2 heterocycles. The molecule has 1 saturated heterocycles. The summed E-state index contributed by atoms with van der Waals surface area (Å²) in [6.07, 6.45) is 1.59. The van der Waals surface area contributed by atoms with Gasteiger partial charge in [0.15, 0.2) is 5.69 Å². The van der Waals surface area contributed by atoms with Crippen LogP contribution < -0.4 is 16.0 Å². The van der Waals surface area contributed by atoms with E-state index in [1.54, 1.807) is 19.9 Å². The summed E-state index contributed by atoms with van der Waals surface area (Å²) >= 11 is 12.2. The van der Waals surface area contributed by atoms with Gasteiger partial charge in [0.1, 0.15) is 0 Å². The van der Waals surface area contributed by atoms with Gasteiger partial charge in [0.2, 0.25) is 0 Å². The number of hydrogen-bond acceptors (Lipinski definition) is 6. The summed E-state index contributed by atoms with van der Waals surface area (Å²) in [5, 5.41) is 13.0. The average Bonchev–Trinajstić information content (AvgIpc) is 3.12. The summed E-state index contributed by atoms with van der Waals surface area (Å²) in [4.78, 5) is 38.0. The number of amides is 2. The molecule has 0 radical (unpaired) electrons. The second kappa shape index (κ2) is 10.1. The molecule has 1 fully saturated rings. The van der Waals surface area contributed by atoms with Gasteiger partial charge in [0, 0.05) is 6.04 Å². The fourth-order valence-electron chi connectivity index (χ4n) is 3.10. The van der Waals surface area contributed by atoms with E-state index in [2.05, 4.69) is 21.0 Å². The third kappa shape index (κ3) is 5.75. The average molecular weight is 468 g/mol. The molecular formula is C20H23Cl2N5O4. The molecule has 0 saturated carbocycles. The van der Waals surface area contributed by atoms with Crippen LogP contribution in [-0.2, 0) is 4.74 Å². The fraction of sp³-hybridized carbons (Fsp3) is 0.400. The number of carbonyl (C=O) groups excluding carboxylic acids is 3. The normalized spacial score (nSPS) is 14.4. The van der Waals surface area contributed by atoms with E-state index in [0.29, 0.717) is 0 Å². The Morgan fingerprint density at radius 2 is 1.81 bits per heavy atom. The first-order chi connectivity index (χ1) is 14.8. The van der Waals surface area contributed by atoms with Crippen LogP contribution in [0.25, 0.3) is 0 Å². The van der Waals surface area contributed by atoms with Crippen LogP contribution >= 0.6 is 23.2 Å². The highest BCUT2D eigenvalue weighted by molar-refractivity contribution is 6.40. The molecule has 0 bridgehead atoms. The molecule has 31 heavy (non-hydrogen) atoms. The van der Waals surface area contributed by atoms with E-state index in [-0.39, 0.29) is 39.1 Å². The molecule has 1 aromatic carbocycles. The Bertz CT molecular complexity index is 966. The van der Waals surface area contributed by atoms with Crippen molar-refractivity contribution in [2.75, 3.05) is 18.4 Å². The number of hydrogen-bond donors (Lipinski definition) is 3. The van der Waals surface area contributed by atoms with E-state index >= 15 is 0 Å². The maximum absolute atomic E-state index is 12.9. The highest BCUT2D eigenvalue weighted by atomic mass is 35.5. The second-order valence-electron chi connectivity index (χ2n) is 7.32. The minimum atomic E-state index is -0.776. The lowest BCUT2D eigenvalue weighted by Crippen LogP contribution is -2.43. The lowest BCUT2D eigenvalue weighted by molar-refractivity contribution is 0.0924. The molecule has 0 aliphatic carbocycles. The Morgan fingerprint density at radius 1 is 1.16 bits per heavy atom. The van der Waals surface area contributed by atoms with Crippen LogP contribution in [0.5, 0.6) is 0 Å². The van der Waals surface area contributed by atoms with Crippen molar-refractivity contribution in [2.24, 2.45) is 0 Å². The number of aromatic nitrogens is 2. The predicted octanol–water partition coefficient (Wildman–Crippen LogP) is 3.32. The number of rotatable bonds is 5. The molecule has 1 aliphatic rings. The lowest BCUT2D eigenvalue weighted by Gasteiger charge is -2.23. The van der Waals surface area contributed by atoms with E-state index in [4.69, 9.17) is 27.9 Å². The molecule has 3 N–H and O–H groups in total. The quantitative estimate of drug-likeness (QED) is 0.621. The molecule has 3 rings (SSSR count). The van der Waals surface area contributed by atoms with Crippen molar-refractivity contribution in [3.63, 3.8) is 0 Å². The van der Waals surface area contributed by atoms with Crippen LogP contribution in [0.1, 0.15) is 47.5 Å².